The number of halogens is 1. The number of anilines is 1. The minimum absolute atomic E-state index is 0.408. The molecule has 0 bridgehead atoms. The van der Waals surface area contributed by atoms with E-state index in [2.05, 4.69) is 9.97 Å². The summed E-state index contributed by atoms with van der Waals surface area (Å²) in [7, 11) is 1.97. The zero-order valence-corrected chi connectivity index (χ0v) is 11.9. The van der Waals surface area contributed by atoms with Gasteiger partial charge in [0.1, 0.15) is 5.82 Å². The van der Waals surface area contributed by atoms with E-state index in [0.717, 1.165) is 22.8 Å². The highest BCUT2D eigenvalue weighted by atomic mass is 35.5. The SMILES string of the molecule is Cc1cccc(CN(C)c2cc(CN)c(Cl)cn2)n1. The van der Waals surface area contributed by atoms with Crippen LogP contribution in [0.3, 0.4) is 0 Å². The molecule has 2 N–H and O–H groups in total. The Labute approximate surface area is 118 Å². The largest absolute Gasteiger partial charge is 0.354 e. The molecule has 0 spiro atoms. The molecule has 100 valence electrons. The van der Waals surface area contributed by atoms with Gasteiger partial charge in [0.25, 0.3) is 0 Å². The molecule has 19 heavy (non-hydrogen) atoms. The third-order valence-corrected chi connectivity index (χ3v) is 3.22. The van der Waals surface area contributed by atoms with Crippen molar-refractivity contribution in [1.29, 1.82) is 0 Å². The van der Waals surface area contributed by atoms with E-state index in [1.165, 1.54) is 0 Å². The molecule has 0 amide bonds. The molecule has 0 aliphatic rings. The van der Waals surface area contributed by atoms with Crippen LogP contribution in [0.4, 0.5) is 5.82 Å². The smallest absolute Gasteiger partial charge is 0.128 e. The van der Waals surface area contributed by atoms with Crippen molar-refractivity contribution < 1.29 is 0 Å². The van der Waals surface area contributed by atoms with Crippen LogP contribution in [0.1, 0.15) is 17.0 Å². The standard InChI is InChI=1S/C14H17ClN4/c1-10-4-3-5-12(18-10)9-19(2)14-6-11(7-16)13(15)8-17-14/h3-6,8H,7,9,16H2,1-2H3. The van der Waals surface area contributed by atoms with E-state index in [1.807, 2.05) is 43.1 Å². The van der Waals surface area contributed by atoms with Crippen molar-refractivity contribution in [3.63, 3.8) is 0 Å². The van der Waals surface area contributed by atoms with E-state index in [-0.39, 0.29) is 0 Å². The molecular formula is C14H17ClN4. The van der Waals surface area contributed by atoms with Gasteiger partial charge in [-0.2, -0.15) is 0 Å². The van der Waals surface area contributed by atoms with Gasteiger partial charge in [-0.3, -0.25) is 4.98 Å². The summed E-state index contributed by atoms with van der Waals surface area (Å²) in [6, 6.07) is 7.91. The van der Waals surface area contributed by atoms with Crippen LogP contribution in [0.15, 0.2) is 30.5 Å². The minimum atomic E-state index is 0.408. The van der Waals surface area contributed by atoms with E-state index < -0.39 is 0 Å². The summed E-state index contributed by atoms with van der Waals surface area (Å²) in [6.07, 6.45) is 1.64. The van der Waals surface area contributed by atoms with Gasteiger partial charge in [-0.05, 0) is 30.7 Å². The van der Waals surface area contributed by atoms with E-state index in [0.29, 0.717) is 18.1 Å². The van der Waals surface area contributed by atoms with Crippen molar-refractivity contribution in [2.75, 3.05) is 11.9 Å². The summed E-state index contributed by atoms with van der Waals surface area (Å²) in [4.78, 5) is 10.8. The van der Waals surface area contributed by atoms with Gasteiger partial charge in [0.2, 0.25) is 0 Å². The lowest BCUT2D eigenvalue weighted by molar-refractivity contribution is 0.856. The molecule has 2 heterocycles. The Kier molecular flexibility index (Phi) is 4.35. The Hall–Kier alpha value is -1.65. The van der Waals surface area contributed by atoms with Crippen molar-refractivity contribution in [1.82, 2.24) is 9.97 Å². The molecule has 0 fully saturated rings. The lowest BCUT2D eigenvalue weighted by Crippen LogP contribution is -2.19. The van der Waals surface area contributed by atoms with Gasteiger partial charge in [-0.25, -0.2) is 4.98 Å². The van der Waals surface area contributed by atoms with Crippen LogP contribution in [-0.2, 0) is 13.1 Å². The Morgan fingerprint density at radius 2 is 2.16 bits per heavy atom. The summed E-state index contributed by atoms with van der Waals surface area (Å²) >= 11 is 6.01. The first-order chi connectivity index (χ1) is 9.10. The summed E-state index contributed by atoms with van der Waals surface area (Å²) < 4.78 is 0. The molecule has 2 rings (SSSR count). The van der Waals surface area contributed by atoms with E-state index >= 15 is 0 Å². The summed E-state index contributed by atoms with van der Waals surface area (Å²) in [6.45, 7) is 3.09. The number of aryl methyl sites for hydroxylation is 1. The zero-order valence-electron chi connectivity index (χ0n) is 11.1. The van der Waals surface area contributed by atoms with Gasteiger partial charge in [0, 0.05) is 25.5 Å². The van der Waals surface area contributed by atoms with Gasteiger partial charge in [-0.15, -0.1) is 0 Å². The van der Waals surface area contributed by atoms with Gasteiger partial charge in [0.05, 0.1) is 17.3 Å². The van der Waals surface area contributed by atoms with Crippen molar-refractivity contribution in [3.05, 3.63) is 52.4 Å². The lowest BCUT2D eigenvalue weighted by atomic mass is 10.2. The number of pyridine rings is 2. The van der Waals surface area contributed by atoms with E-state index in [4.69, 9.17) is 17.3 Å². The number of nitrogens with two attached hydrogens (primary N) is 1. The molecular weight excluding hydrogens is 260 g/mol. The van der Waals surface area contributed by atoms with Gasteiger partial charge in [-0.1, -0.05) is 17.7 Å². The van der Waals surface area contributed by atoms with Gasteiger partial charge in [0.15, 0.2) is 0 Å². The molecule has 0 aliphatic carbocycles. The average molecular weight is 277 g/mol. The van der Waals surface area contributed by atoms with Crippen LogP contribution in [0.2, 0.25) is 5.02 Å². The van der Waals surface area contributed by atoms with Crippen molar-refractivity contribution in [2.45, 2.75) is 20.0 Å². The molecule has 2 aromatic rings. The second-order valence-electron chi connectivity index (χ2n) is 4.46. The minimum Gasteiger partial charge on any atom is -0.354 e. The Morgan fingerprint density at radius 3 is 2.84 bits per heavy atom. The molecule has 2 aromatic heterocycles. The van der Waals surface area contributed by atoms with Crippen LogP contribution in [0.25, 0.3) is 0 Å². The van der Waals surface area contributed by atoms with Crippen LogP contribution in [-0.4, -0.2) is 17.0 Å². The number of nitrogens with zero attached hydrogens (tertiary/aromatic N) is 3. The monoisotopic (exact) mass is 276 g/mol. The van der Waals surface area contributed by atoms with Crippen molar-refractivity contribution in [2.24, 2.45) is 5.73 Å². The van der Waals surface area contributed by atoms with Crippen LogP contribution >= 0.6 is 11.6 Å². The summed E-state index contributed by atoms with van der Waals surface area (Å²) in [5, 5.41) is 0.605. The molecule has 0 aromatic carbocycles. The molecule has 4 nitrogen and oxygen atoms in total. The number of aromatic nitrogens is 2. The molecule has 0 radical (unpaired) electrons. The highest BCUT2D eigenvalue weighted by Crippen LogP contribution is 2.20. The molecule has 0 unspecified atom stereocenters. The lowest BCUT2D eigenvalue weighted by Gasteiger charge is -2.18. The fourth-order valence-corrected chi connectivity index (χ4v) is 2.03. The third-order valence-electron chi connectivity index (χ3n) is 2.88. The topological polar surface area (TPSA) is 55.0 Å². The van der Waals surface area contributed by atoms with Crippen LogP contribution < -0.4 is 10.6 Å². The normalized spacial score (nSPS) is 10.5. The third kappa shape index (κ3) is 3.43. The fraction of sp³-hybridized carbons (Fsp3) is 0.286. The number of hydrogen-bond donors (Lipinski definition) is 1. The highest BCUT2D eigenvalue weighted by Gasteiger charge is 2.07. The summed E-state index contributed by atoms with van der Waals surface area (Å²) in [5.41, 5.74) is 8.57. The van der Waals surface area contributed by atoms with Crippen molar-refractivity contribution >= 4 is 17.4 Å². The molecule has 0 atom stereocenters. The maximum absolute atomic E-state index is 6.01. The first kappa shape index (κ1) is 13.8. The molecule has 0 saturated carbocycles. The van der Waals surface area contributed by atoms with E-state index in [9.17, 15) is 0 Å². The fourth-order valence-electron chi connectivity index (χ4n) is 1.84. The molecule has 5 heteroatoms. The average Bonchev–Trinajstić information content (AvgIpc) is 2.39. The zero-order chi connectivity index (χ0) is 13.8. The molecule has 0 saturated heterocycles. The molecule has 0 aliphatic heterocycles. The van der Waals surface area contributed by atoms with Gasteiger partial charge < -0.3 is 10.6 Å². The van der Waals surface area contributed by atoms with Crippen molar-refractivity contribution in [3.8, 4) is 0 Å². The quantitative estimate of drug-likeness (QED) is 0.932. The first-order valence-electron chi connectivity index (χ1n) is 6.08. The predicted octanol–water partition coefficient (Wildman–Crippen LogP) is 2.53. The van der Waals surface area contributed by atoms with E-state index in [1.54, 1.807) is 6.20 Å². The predicted molar refractivity (Wildman–Crippen MR) is 78.2 cm³/mol. The highest BCUT2D eigenvalue weighted by molar-refractivity contribution is 6.31. The number of hydrogen-bond acceptors (Lipinski definition) is 4. The Balaban J connectivity index is 2.18. The second-order valence-corrected chi connectivity index (χ2v) is 4.87. The van der Waals surface area contributed by atoms with Crippen LogP contribution in [0, 0.1) is 6.92 Å². The second kappa shape index (κ2) is 5.99. The first-order valence-corrected chi connectivity index (χ1v) is 6.46. The summed E-state index contributed by atoms with van der Waals surface area (Å²) in [5.74, 6) is 0.841. The van der Waals surface area contributed by atoms with Gasteiger partial charge >= 0.3 is 0 Å². The Morgan fingerprint density at radius 1 is 1.37 bits per heavy atom. The maximum atomic E-state index is 6.01. The maximum Gasteiger partial charge on any atom is 0.128 e. The Bertz CT molecular complexity index is 571. The number of rotatable bonds is 4. The van der Waals surface area contributed by atoms with Crippen LogP contribution in [0.5, 0.6) is 0 Å².